The van der Waals surface area contributed by atoms with Crippen LogP contribution in [0.25, 0.3) is 0 Å². The lowest BCUT2D eigenvalue weighted by molar-refractivity contribution is 0.0921. The first kappa shape index (κ1) is 15.6. The second kappa shape index (κ2) is 6.76. The van der Waals surface area contributed by atoms with Crippen molar-refractivity contribution < 1.29 is 14.3 Å². The number of halogens is 1. The lowest BCUT2D eigenvalue weighted by Gasteiger charge is -2.09. The number of hydrogen-bond acceptors (Lipinski definition) is 3. The van der Waals surface area contributed by atoms with Crippen LogP contribution in [0, 0.1) is 13.8 Å². The predicted molar refractivity (Wildman–Crippen MR) is 86.4 cm³/mol. The maximum Gasteiger partial charge on any atom is 0.200 e. The molecular weight excluding hydrogens is 332 g/mol. The highest BCUT2D eigenvalue weighted by Gasteiger charge is 2.10. The van der Waals surface area contributed by atoms with E-state index < -0.39 is 0 Å². The summed E-state index contributed by atoms with van der Waals surface area (Å²) in [7, 11) is 1.60. The Morgan fingerprint density at radius 2 is 1.86 bits per heavy atom. The smallest absolute Gasteiger partial charge is 0.200 e. The largest absolute Gasteiger partial charge is 0.497 e. The standard InChI is InChI=1S/C17H17BrO3/c1-11-4-5-13(8-12(11)2)16(19)10-21-17-7-6-14(20-3)9-15(17)18/h4-9H,10H2,1-3H3. The summed E-state index contributed by atoms with van der Waals surface area (Å²) in [5.41, 5.74) is 2.94. The molecule has 0 aromatic heterocycles. The number of ether oxygens (including phenoxy) is 2. The fraction of sp³-hybridized carbons (Fsp3) is 0.235. The molecule has 2 aromatic carbocycles. The molecule has 0 amide bonds. The molecule has 0 N–H and O–H groups in total. The molecule has 4 heteroatoms. The third kappa shape index (κ3) is 3.85. The summed E-state index contributed by atoms with van der Waals surface area (Å²) in [6.07, 6.45) is 0. The number of methoxy groups -OCH3 is 1. The quantitative estimate of drug-likeness (QED) is 0.754. The summed E-state index contributed by atoms with van der Waals surface area (Å²) in [4.78, 5) is 12.2. The Morgan fingerprint density at radius 1 is 1.10 bits per heavy atom. The molecule has 0 saturated heterocycles. The lowest BCUT2D eigenvalue weighted by Crippen LogP contribution is -2.12. The molecule has 0 unspecified atom stereocenters. The Kier molecular flexibility index (Phi) is 5.02. The molecule has 0 aliphatic heterocycles. The lowest BCUT2D eigenvalue weighted by atomic mass is 10.0. The third-order valence-electron chi connectivity index (χ3n) is 3.33. The zero-order chi connectivity index (χ0) is 15.4. The molecule has 0 aliphatic rings. The van der Waals surface area contributed by atoms with E-state index in [0.29, 0.717) is 11.3 Å². The van der Waals surface area contributed by atoms with Gasteiger partial charge in [0.2, 0.25) is 0 Å². The van der Waals surface area contributed by atoms with E-state index in [2.05, 4.69) is 15.9 Å². The molecule has 0 radical (unpaired) electrons. The van der Waals surface area contributed by atoms with Gasteiger partial charge in [0.1, 0.15) is 11.5 Å². The van der Waals surface area contributed by atoms with Crippen molar-refractivity contribution in [1.82, 2.24) is 0 Å². The van der Waals surface area contributed by atoms with Crippen LogP contribution in [0.2, 0.25) is 0 Å². The van der Waals surface area contributed by atoms with Crippen molar-refractivity contribution in [2.24, 2.45) is 0 Å². The van der Waals surface area contributed by atoms with Crippen molar-refractivity contribution in [3.8, 4) is 11.5 Å². The minimum absolute atomic E-state index is 0.00737. The van der Waals surface area contributed by atoms with Crippen molar-refractivity contribution >= 4 is 21.7 Å². The van der Waals surface area contributed by atoms with Gasteiger partial charge in [-0.3, -0.25) is 4.79 Å². The van der Waals surface area contributed by atoms with Gasteiger partial charge >= 0.3 is 0 Å². The van der Waals surface area contributed by atoms with E-state index in [0.717, 1.165) is 15.8 Å². The average molecular weight is 349 g/mol. The number of rotatable bonds is 5. The van der Waals surface area contributed by atoms with Crippen molar-refractivity contribution in [2.75, 3.05) is 13.7 Å². The van der Waals surface area contributed by atoms with Gasteiger partial charge in [0, 0.05) is 5.56 Å². The predicted octanol–water partition coefficient (Wildman–Crippen LogP) is 4.34. The molecule has 0 spiro atoms. The molecule has 2 rings (SSSR count). The Balaban J connectivity index is 2.05. The van der Waals surface area contributed by atoms with Gasteiger partial charge < -0.3 is 9.47 Å². The molecule has 21 heavy (non-hydrogen) atoms. The van der Waals surface area contributed by atoms with Crippen molar-refractivity contribution in [2.45, 2.75) is 13.8 Å². The second-order valence-corrected chi connectivity index (χ2v) is 5.66. The molecule has 110 valence electrons. The van der Waals surface area contributed by atoms with E-state index in [-0.39, 0.29) is 12.4 Å². The first-order valence-electron chi connectivity index (χ1n) is 6.58. The summed E-state index contributed by atoms with van der Waals surface area (Å²) < 4.78 is 11.4. The SMILES string of the molecule is COc1ccc(OCC(=O)c2ccc(C)c(C)c2)c(Br)c1. The van der Waals surface area contributed by atoms with Crippen LogP contribution in [0.15, 0.2) is 40.9 Å². The zero-order valence-corrected chi connectivity index (χ0v) is 13.9. The topological polar surface area (TPSA) is 35.5 Å². The van der Waals surface area contributed by atoms with E-state index >= 15 is 0 Å². The molecule has 3 nitrogen and oxygen atoms in total. The fourth-order valence-electron chi connectivity index (χ4n) is 1.87. The van der Waals surface area contributed by atoms with Crippen LogP contribution in [0.4, 0.5) is 0 Å². The van der Waals surface area contributed by atoms with Crippen LogP contribution in [0.1, 0.15) is 21.5 Å². The highest BCUT2D eigenvalue weighted by atomic mass is 79.9. The number of Topliss-reactive ketones (excluding diaryl/α,β-unsaturated/α-hetero) is 1. The second-order valence-electron chi connectivity index (χ2n) is 4.81. The zero-order valence-electron chi connectivity index (χ0n) is 12.3. The van der Waals surface area contributed by atoms with Gasteiger partial charge in [-0.2, -0.15) is 0 Å². The van der Waals surface area contributed by atoms with Crippen molar-refractivity contribution in [3.63, 3.8) is 0 Å². The van der Waals surface area contributed by atoms with Gasteiger partial charge in [-0.1, -0.05) is 12.1 Å². The van der Waals surface area contributed by atoms with Gasteiger partial charge in [-0.05, 0) is 65.2 Å². The molecule has 0 heterocycles. The summed E-state index contributed by atoms with van der Waals surface area (Å²) in [5.74, 6) is 1.31. The number of ketones is 1. The summed E-state index contributed by atoms with van der Waals surface area (Å²) in [5, 5.41) is 0. The van der Waals surface area contributed by atoms with Crippen molar-refractivity contribution in [1.29, 1.82) is 0 Å². The van der Waals surface area contributed by atoms with Crippen LogP contribution < -0.4 is 9.47 Å². The van der Waals surface area contributed by atoms with E-state index in [1.807, 2.05) is 32.0 Å². The van der Waals surface area contributed by atoms with E-state index in [1.54, 1.807) is 25.3 Å². The fourth-order valence-corrected chi connectivity index (χ4v) is 2.34. The van der Waals surface area contributed by atoms with Crippen LogP contribution >= 0.6 is 15.9 Å². The number of carbonyl (C=O) groups is 1. The Labute approximate surface area is 133 Å². The molecule has 0 fully saturated rings. The minimum atomic E-state index is -0.0409. The van der Waals surface area contributed by atoms with Crippen molar-refractivity contribution in [3.05, 3.63) is 57.6 Å². The number of benzene rings is 2. The van der Waals surface area contributed by atoms with Crippen LogP contribution in [0.3, 0.4) is 0 Å². The maximum absolute atomic E-state index is 12.2. The van der Waals surface area contributed by atoms with Gasteiger partial charge in [-0.25, -0.2) is 0 Å². The summed E-state index contributed by atoms with van der Waals surface area (Å²) >= 11 is 3.40. The molecule has 0 aliphatic carbocycles. The first-order chi connectivity index (χ1) is 10.0. The van der Waals surface area contributed by atoms with Crippen LogP contribution in [0.5, 0.6) is 11.5 Å². The first-order valence-corrected chi connectivity index (χ1v) is 7.37. The minimum Gasteiger partial charge on any atom is -0.497 e. The summed E-state index contributed by atoms with van der Waals surface area (Å²) in [6.45, 7) is 4.02. The van der Waals surface area contributed by atoms with Gasteiger partial charge in [0.25, 0.3) is 0 Å². The number of aryl methyl sites for hydroxylation is 2. The maximum atomic E-state index is 12.2. The monoisotopic (exact) mass is 348 g/mol. The highest BCUT2D eigenvalue weighted by Crippen LogP contribution is 2.29. The Morgan fingerprint density at radius 3 is 2.48 bits per heavy atom. The van der Waals surface area contributed by atoms with Gasteiger partial charge in [0.05, 0.1) is 11.6 Å². The molecule has 0 saturated carbocycles. The molecule has 2 aromatic rings. The molecular formula is C17H17BrO3. The number of hydrogen-bond donors (Lipinski definition) is 0. The normalized spacial score (nSPS) is 10.3. The third-order valence-corrected chi connectivity index (χ3v) is 3.95. The highest BCUT2D eigenvalue weighted by molar-refractivity contribution is 9.10. The van der Waals surface area contributed by atoms with Gasteiger partial charge in [-0.15, -0.1) is 0 Å². The molecule has 0 bridgehead atoms. The number of carbonyl (C=O) groups excluding carboxylic acids is 1. The van der Waals surface area contributed by atoms with Gasteiger partial charge in [0.15, 0.2) is 12.4 Å². The van der Waals surface area contributed by atoms with Crippen LogP contribution in [-0.4, -0.2) is 19.5 Å². The average Bonchev–Trinajstić information content (AvgIpc) is 2.48. The van der Waals surface area contributed by atoms with E-state index in [9.17, 15) is 4.79 Å². The molecule has 0 atom stereocenters. The Hall–Kier alpha value is -1.81. The van der Waals surface area contributed by atoms with Crippen LogP contribution in [-0.2, 0) is 0 Å². The van der Waals surface area contributed by atoms with E-state index in [4.69, 9.17) is 9.47 Å². The van der Waals surface area contributed by atoms with E-state index in [1.165, 1.54) is 5.56 Å². The summed E-state index contributed by atoms with van der Waals surface area (Å²) in [6, 6.07) is 11.0. The Bertz CT molecular complexity index is 665.